The highest BCUT2D eigenvalue weighted by atomic mass is 16.3. The topological polar surface area (TPSA) is 42.4 Å². The first-order valence-corrected chi connectivity index (χ1v) is 6.18. The van der Waals surface area contributed by atoms with Gasteiger partial charge in [-0.15, -0.1) is 0 Å². The molecule has 0 spiro atoms. The van der Waals surface area contributed by atoms with Crippen molar-refractivity contribution in [1.29, 1.82) is 0 Å². The molecule has 1 aromatic carbocycles. The first-order valence-electron chi connectivity index (χ1n) is 6.18. The molecule has 0 saturated carbocycles. The van der Waals surface area contributed by atoms with Crippen LogP contribution in [0, 0.1) is 13.8 Å². The number of nitrogens with two attached hydrogens (primary N) is 1. The van der Waals surface area contributed by atoms with Crippen molar-refractivity contribution in [3.8, 4) is 0 Å². The number of hydrogen-bond acceptors (Lipinski definition) is 3. The minimum Gasteiger partial charge on any atom is -0.464 e. The van der Waals surface area contributed by atoms with E-state index in [9.17, 15) is 0 Å². The van der Waals surface area contributed by atoms with Crippen LogP contribution in [0.25, 0.3) is 0 Å². The molecule has 3 heteroatoms. The Balaban J connectivity index is 2.31. The van der Waals surface area contributed by atoms with Crippen LogP contribution in [0.4, 0.5) is 5.69 Å². The van der Waals surface area contributed by atoms with E-state index in [2.05, 4.69) is 31.0 Å². The van der Waals surface area contributed by atoms with E-state index in [1.807, 2.05) is 31.2 Å². The Morgan fingerprint density at radius 2 is 1.89 bits per heavy atom. The van der Waals surface area contributed by atoms with Gasteiger partial charge < -0.3 is 15.1 Å². The van der Waals surface area contributed by atoms with Crippen LogP contribution in [0.1, 0.15) is 23.1 Å². The van der Waals surface area contributed by atoms with Crippen molar-refractivity contribution in [2.45, 2.75) is 19.9 Å². The Bertz CT molecular complexity index is 519. The zero-order chi connectivity index (χ0) is 13.1. The summed E-state index contributed by atoms with van der Waals surface area (Å²) in [6, 6.07) is 12.3. The van der Waals surface area contributed by atoms with Gasteiger partial charge in [0.25, 0.3) is 0 Å². The SMILES string of the molecule is Cc1ccc(C(CN)N(C)c2ccccc2C)o1. The average Bonchev–Trinajstić information content (AvgIpc) is 2.77. The maximum atomic E-state index is 5.90. The third-order valence-electron chi connectivity index (χ3n) is 3.28. The summed E-state index contributed by atoms with van der Waals surface area (Å²) in [6.45, 7) is 4.58. The van der Waals surface area contributed by atoms with Gasteiger partial charge in [-0.05, 0) is 37.6 Å². The minimum absolute atomic E-state index is 0.0693. The molecule has 3 nitrogen and oxygen atoms in total. The second-order valence-corrected chi connectivity index (χ2v) is 4.60. The number of nitrogens with zero attached hydrogens (tertiary/aromatic N) is 1. The summed E-state index contributed by atoms with van der Waals surface area (Å²) in [5, 5.41) is 0. The molecule has 0 aliphatic carbocycles. The Kier molecular flexibility index (Phi) is 3.72. The molecule has 0 bridgehead atoms. The summed E-state index contributed by atoms with van der Waals surface area (Å²) in [6.07, 6.45) is 0. The van der Waals surface area contributed by atoms with E-state index >= 15 is 0 Å². The quantitative estimate of drug-likeness (QED) is 0.899. The first kappa shape index (κ1) is 12.7. The Morgan fingerprint density at radius 1 is 1.17 bits per heavy atom. The number of anilines is 1. The van der Waals surface area contributed by atoms with E-state index in [1.54, 1.807) is 0 Å². The molecular formula is C15H20N2O. The Hall–Kier alpha value is -1.74. The van der Waals surface area contributed by atoms with Crippen molar-refractivity contribution in [1.82, 2.24) is 0 Å². The van der Waals surface area contributed by atoms with Gasteiger partial charge in [0.2, 0.25) is 0 Å². The second kappa shape index (κ2) is 5.27. The van der Waals surface area contributed by atoms with Gasteiger partial charge in [-0.1, -0.05) is 18.2 Å². The van der Waals surface area contributed by atoms with Gasteiger partial charge in [-0.2, -0.15) is 0 Å². The van der Waals surface area contributed by atoms with Gasteiger partial charge in [-0.25, -0.2) is 0 Å². The van der Waals surface area contributed by atoms with Gasteiger partial charge in [0.15, 0.2) is 0 Å². The van der Waals surface area contributed by atoms with Crippen LogP contribution in [0.5, 0.6) is 0 Å². The highest BCUT2D eigenvalue weighted by Gasteiger charge is 2.20. The van der Waals surface area contributed by atoms with E-state index < -0.39 is 0 Å². The standard InChI is InChI=1S/C15H20N2O/c1-11-6-4-5-7-13(11)17(3)14(10-16)15-9-8-12(2)18-15/h4-9,14H,10,16H2,1-3H3. The maximum absolute atomic E-state index is 5.90. The fraction of sp³-hybridized carbons (Fsp3) is 0.333. The Labute approximate surface area is 108 Å². The summed E-state index contributed by atoms with van der Waals surface area (Å²) in [5.74, 6) is 1.84. The summed E-state index contributed by atoms with van der Waals surface area (Å²) in [4.78, 5) is 2.17. The molecule has 1 atom stereocenters. The van der Waals surface area contributed by atoms with E-state index in [1.165, 1.54) is 11.3 Å². The van der Waals surface area contributed by atoms with E-state index in [-0.39, 0.29) is 6.04 Å². The second-order valence-electron chi connectivity index (χ2n) is 4.60. The molecule has 0 radical (unpaired) electrons. The predicted octanol–water partition coefficient (Wildman–Crippen LogP) is 3.03. The van der Waals surface area contributed by atoms with Crippen LogP contribution in [0.15, 0.2) is 40.8 Å². The number of rotatable bonds is 4. The van der Waals surface area contributed by atoms with Gasteiger partial charge in [-0.3, -0.25) is 0 Å². The molecule has 1 heterocycles. The molecule has 1 aromatic heterocycles. The van der Waals surface area contributed by atoms with Crippen molar-refractivity contribution in [3.05, 3.63) is 53.5 Å². The van der Waals surface area contributed by atoms with Crippen LogP contribution in [-0.2, 0) is 0 Å². The molecule has 2 N–H and O–H groups in total. The number of para-hydroxylation sites is 1. The molecule has 1 unspecified atom stereocenters. The summed E-state index contributed by atoms with van der Waals surface area (Å²) >= 11 is 0. The smallest absolute Gasteiger partial charge is 0.127 e. The fourth-order valence-electron chi connectivity index (χ4n) is 2.22. The van der Waals surface area contributed by atoms with Crippen LogP contribution < -0.4 is 10.6 Å². The molecule has 2 rings (SSSR count). The van der Waals surface area contributed by atoms with Crippen LogP contribution in [0.2, 0.25) is 0 Å². The predicted molar refractivity (Wildman–Crippen MR) is 74.8 cm³/mol. The van der Waals surface area contributed by atoms with Crippen LogP contribution >= 0.6 is 0 Å². The zero-order valence-corrected chi connectivity index (χ0v) is 11.2. The lowest BCUT2D eigenvalue weighted by Crippen LogP contribution is -2.30. The zero-order valence-electron chi connectivity index (χ0n) is 11.2. The maximum Gasteiger partial charge on any atom is 0.127 e. The van der Waals surface area contributed by atoms with E-state index in [0.717, 1.165) is 11.5 Å². The van der Waals surface area contributed by atoms with Gasteiger partial charge in [0.1, 0.15) is 11.5 Å². The number of aryl methyl sites for hydroxylation is 2. The lowest BCUT2D eigenvalue weighted by atomic mass is 10.1. The third kappa shape index (κ3) is 2.41. The molecule has 0 saturated heterocycles. The van der Waals surface area contributed by atoms with Crippen molar-refractivity contribution in [2.75, 3.05) is 18.5 Å². The third-order valence-corrected chi connectivity index (χ3v) is 3.28. The van der Waals surface area contributed by atoms with Crippen LogP contribution in [-0.4, -0.2) is 13.6 Å². The normalized spacial score (nSPS) is 12.4. The number of benzene rings is 1. The Morgan fingerprint density at radius 3 is 2.44 bits per heavy atom. The lowest BCUT2D eigenvalue weighted by Gasteiger charge is -2.28. The largest absolute Gasteiger partial charge is 0.464 e. The molecule has 96 valence electrons. The monoisotopic (exact) mass is 244 g/mol. The van der Waals surface area contributed by atoms with E-state index in [4.69, 9.17) is 10.2 Å². The minimum atomic E-state index is 0.0693. The fourth-order valence-corrected chi connectivity index (χ4v) is 2.22. The molecule has 0 amide bonds. The summed E-state index contributed by atoms with van der Waals surface area (Å²) in [7, 11) is 2.05. The number of furan rings is 1. The molecule has 0 aliphatic rings. The van der Waals surface area contributed by atoms with Gasteiger partial charge in [0, 0.05) is 19.3 Å². The summed E-state index contributed by atoms with van der Waals surface area (Å²) in [5.41, 5.74) is 8.32. The summed E-state index contributed by atoms with van der Waals surface area (Å²) < 4.78 is 5.70. The van der Waals surface area contributed by atoms with Crippen LogP contribution in [0.3, 0.4) is 0 Å². The molecule has 0 aliphatic heterocycles. The molecule has 0 fully saturated rings. The average molecular weight is 244 g/mol. The van der Waals surface area contributed by atoms with Gasteiger partial charge in [0.05, 0.1) is 6.04 Å². The molecular weight excluding hydrogens is 224 g/mol. The number of likely N-dealkylation sites (N-methyl/N-ethyl adjacent to an activating group) is 1. The van der Waals surface area contributed by atoms with Crippen molar-refractivity contribution in [3.63, 3.8) is 0 Å². The van der Waals surface area contributed by atoms with Crippen molar-refractivity contribution >= 4 is 5.69 Å². The van der Waals surface area contributed by atoms with Crippen molar-refractivity contribution in [2.24, 2.45) is 5.73 Å². The van der Waals surface area contributed by atoms with Crippen molar-refractivity contribution < 1.29 is 4.42 Å². The van der Waals surface area contributed by atoms with Gasteiger partial charge >= 0.3 is 0 Å². The van der Waals surface area contributed by atoms with E-state index in [0.29, 0.717) is 6.54 Å². The molecule has 18 heavy (non-hydrogen) atoms. The molecule has 2 aromatic rings. The lowest BCUT2D eigenvalue weighted by molar-refractivity contribution is 0.441. The highest BCUT2D eigenvalue weighted by Crippen LogP contribution is 2.28. The highest BCUT2D eigenvalue weighted by molar-refractivity contribution is 5.53. The first-order chi connectivity index (χ1) is 8.63. The number of hydrogen-bond donors (Lipinski definition) is 1.